The van der Waals surface area contributed by atoms with Gasteiger partial charge in [0.25, 0.3) is 0 Å². The number of halogens is 2. The van der Waals surface area contributed by atoms with Crippen LogP contribution in [0.25, 0.3) is 0 Å². The van der Waals surface area contributed by atoms with Gasteiger partial charge in [-0.1, -0.05) is 24.3 Å². The summed E-state index contributed by atoms with van der Waals surface area (Å²) in [5.74, 6) is 0. The third-order valence-electron chi connectivity index (χ3n) is 1.81. The quantitative estimate of drug-likeness (QED) is 0.762. The predicted molar refractivity (Wildman–Crippen MR) is 48.9 cm³/mol. The van der Waals surface area contributed by atoms with Crippen LogP contribution in [0.5, 0.6) is 0 Å². The van der Waals surface area contributed by atoms with Crippen molar-refractivity contribution in [3.8, 4) is 0 Å². The molecule has 0 amide bonds. The zero-order chi connectivity index (χ0) is 9.68. The lowest BCUT2D eigenvalue weighted by molar-refractivity contribution is 0.149. The molecule has 0 heterocycles. The van der Waals surface area contributed by atoms with Crippen LogP contribution in [0.2, 0.25) is 0 Å². The molecule has 1 aromatic rings. The summed E-state index contributed by atoms with van der Waals surface area (Å²) in [6.07, 6.45) is -1.69. The Morgan fingerprint density at radius 2 is 1.92 bits per heavy atom. The van der Waals surface area contributed by atoms with Gasteiger partial charge in [-0.2, -0.15) is 0 Å². The standard InChI is InChI=1S/C10H13F2N/c11-10(12)7-9-3-1-2-8(6-9)4-5-13/h1-3,6,10H,4-5,7,13H2. The summed E-state index contributed by atoms with van der Waals surface area (Å²) >= 11 is 0. The first-order valence-electron chi connectivity index (χ1n) is 4.28. The Kier molecular flexibility index (Phi) is 3.83. The zero-order valence-electron chi connectivity index (χ0n) is 7.34. The Morgan fingerprint density at radius 1 is 1.23 bits per heavy atom. The number of rotatable bonds is 4. The molecule has 0 fully saturated rings. The molecule has 0 aliphatic carbocycles. The molecule has 0 spiro atoms. The van der Waals surface area contributed by atoms with E-state index < -0.39 is 6.43 Å². The number of hydrogen-bond acceptors (Lipinski definition) is 1. The summed E-state index contributed by atoms with van der Waals surface area (Å²) in [6, 6.07) is 7.20. The minimum atomic E-state index is -2.27. The molecule has 3 heteroatoms. The lowest BCUT2D eigenvalue weighted by Gasteiger charge is -2.03. The second kappa shape index (κ2) is 4.92. The highest BCUT2D eigenvalue weighted by Crippen LogP contribution is 2.10. The molecule has 1 nitrogen and oxygen atoms in total. The van der Waals surface area contributed by atoms with E-state index in [-0.39, 0.29) is 6.42 Å². The van der Waals surface area contributed by atoms with E-state index in [1.807, 2.05) is 6.07 Å². The molecule has 13 heavy (non-hydrogen) atoms. The molecule has 72 valence electrons. The lowest BCUT2D eigenvalue weighted by Crippen LogP contribution is -2.03. The van der Waals surface area contributed by atoms with E-state index in [1.54, 1.807) is 18.2 Å². The summed E-state index contributed by atoms with van der Waals surface area (Å²) in [5.41, 5.74) is 7.07. The highest BCUT2D eigenvalue weighted by molar-refractivity contribution is 5.24. The number of benzene rings is 1. The van der Waals surface area contributed by atoms with Gasteiger partial charge in [0.1, 0.15) is 0 Å². The number of nitrogens with two attached hydrogens (primary N) is 1. The first kappa shape index (κ1) is 10.1. The molecule has 2 N–H and O–H groups in total. The molecular formula is C10H13F2N. The van der Waals surface area contributed by atoms with Crippen molar-refractivity contribution in [2.24, 2.45) is 5.73 Å². The average Bonchev–Trinajstić information content (AvgIpc) is 2.04. The molecule has 0 aliphatic rings. The molecule has 0 radical (unpaired) electrons. The zero-order valence-corrected chi connectivity index (χ0v) is 7.34. The summed E-state index contributed by atoms with van der Waals surface area (Å²) in [7, 11) is 0. The van der Waals surface area contributed by atoms with E-state index >= 15 is 0 Å². The van der Waals surface area contributed by atoms with Crippen molar-refractivity contribution < 1.29 is 8.78 Å². The fraction of sp³-hybridized carbons (Fsp3) is 0.400. The van der Waals surface area contributed by atoms with Crippen LogP contribution < -0.4 is 5.73 Å². The third kappa shape index (κ3) is 3.51. The number of hydrogen-bond donors (Lipinski definition) is 1. The topological polar surface area (TPSA) is 26.0 Å². The van der Waals surface area contributed by atoms with Crippen molar-refractivity contribution >= 4 is 0 Å². The second-order valence-electron chi connectivity index (χ2n) is 2.95. The molecule has 0 aliphatic heterocycles. The van der Waals surface area contributed by atoms with Crippen LogP contribution in [0, 0.1) is 0 Å². The van der Waals surface area contributed by atoms with E-state index in [2.05, 4.69) is 0 Å². The van der Waals surface area contributed by atoms with Gasteiger partial charge in [0, 0.05) is 6.42 Å². The minimum Gasteiger partial charge on any atom is -0.330 e. The van der Waals surface area contributed by atoms with Crippen LogP contribution in [0.1, 0.15) is 11.1 Å². The van der Waals surface area contributed by atoms with Gasteiger partial charge in [-0.15, -0.1) is 0 Å². The molecule has 0 aromatic heterocycles. The first-order chi connectivity index (χ1) is 6.22. The fourth-order valence-electron chi connectivity index (χ4n) is 1.26. The van der Waals surface area contributed by atoms with Crippen LogP contribution in [-0.2, 0) is 12.8 Å². The summed E-state index contributed by atoms with van der Waals surface area (Å²) < 4.78 is 24.0. The maximum Gasteiger partial charge on any atom is 0.242 e. The van der Waals surface area contributed by atoms with Crippen LogP contribution in [0.15, 0.2) is 24.3 Å². The molecule has 1 rings (SSSR count). The van der Waals surface area contributed by atoms with E-state index in [1.165, 1.54) is 0 Å². The van der Waals surface area contributed by atoms with E-state index in [0.717, 1.165) is 12.0 Å². The van der Waals surface area contributed by atoms with Gasteiger partial charge in [-0.05, 0) is 24.1 Å². The van der Waals surface area contributed by atoms with Crippen molar-refractivity contribution in [2.75, 3.05) is 6.54 Å². The van der Waals surface area contributed by atoms with Gasteiger partial charge < -0.3 is 5.73 Å². The Hall–Kier alpha value is -0.960. The van der Waals surface area contributed by atoms with Crippen LogP contribution >= 0.6 is 0 Å². The summed E-state index contributed by atoms with van der Waals surface area (Å²) in [4.78, 5) is 0. The van der Waals surface area contributed by atoms with Crippen LogP contribution in [0.4, 0.5) is 8.78 Å². The van der Waals surface area contributed by atoms with E-state index in [9.17, 15) is 8.78 Å². The van der Waals surface area contributed by atoms with Crippen molar-refractivity contribution in [3.63, 3.8) is 0 Å². The van der Waals surface area contributed by atoms with Gasteiger partial charge in [0.2, 0.25) is 6.43 Å². The highest BCUT2D eigenvalue weighted by atomic mass is 19.3. The smallest absolute Gasteiger partial charge is 0.242 e. The SMILES string of the molecule is NCCc1cccc(CC(F)F)c1. The Bertz CT molecular complexity index is 261. The summed E-state index contributed by atoms with van der Waals surface area (Å²) in [5, 5.41) is 0. The first-order valence-corrected chi connectivity index (χ1v) is 4.28. The van der Waals surface area contributed by atoms with Crippen molar-refractivity contribution in [2.45, 2.75) is 19.3 Å². The molecule has 0 saturated carbocycles. The maximum absolute atomic E-state index is 12.0. The van der Waals surface area contributed by atoms with Gasteiger partial charge in [-0.25, -0.2) is 8.78 Å². The van der Waals surface area contributed by atoms with E-state index in [0.29, 0.717) is 12.1 Å². The van der Waals surface area contributed by atoms with Crippen molar-refractivity contribution in [1.82, 2.24) is 0 Å². The molecule has 0 saturated heterocycles. The van der Waals surface area contributed by atoms with Crippen molar-refractivity contribution in [3.05, 3.63) is 35.4 Å². The van der Waals surface area contributed by atoms with Gasteiger partial charge in [-0.3, -0.25) is 0 Å². The number of alkyl halides is 2. The van der Waals surface area contributed by atoms with Gasteiger partial charge in [0.05, 0.1) is 0 Å². The second-order valence-corrected chi connectivity index (χ2v) is 2.95. The predicted octanol–water partition coefficient (Wildman–Crippen LogP) is 2.00. The largest absolute Gasteiger partial charge is 0.330 e. The molecule has 0 bridgehead atoms. The minimum absolute atomic E-state index is 0.168. The molecule has 0 atom stereocenters. The Morgan fingerprint density at radius 3 is 2.54 bits per heavy atom. The molecule has 1 aromatic carbocycles. The van der Waals surface area contributed by atoms with Crippen molar-refractivity contribution in [1.29, 1.82) is 0 Å². The van der Waals surface area contributed by atoms with E-state index in [4.69, 9.17) is 5.73 Å². The van der Waals surface area contributed by atoms with Gasteiger partial charge >= 0.3 is 0 Å². The third-order valence-corrected chi connectivity index (χ3v) is 1.81. The summed E-state index contributed by atoms with van der Waals surface area (Å²) in [6.45, 7) is 0.554. The molecule has 0 unspecified atom stereocenters. The van der Waals surface area contributed by atoms with Crippen LogP contribution in [-0.4, -0.2) is 13.0 Å². The molecular weight excluding hydrogens is 172 g/mol. The Labute approximate surface area is 76.6 Å². The lowest BCUT2D eigenvalue weighted by atomic mass is 10.1. The monoisotopic (exact) mass is 185 g/mol. The fourth-order valence-corrected chi connectivity index (χ4v) is 1.26. The Balaban J connectivity index is 2.67. The van der Waals surface area contributed by atoms with Gasteiger partial charge in [0.15, 0.2) is 0 Å². The normalized spacial score (nSPS) is 10.8. The van der Waals surface area contributed by atoms with Crippen LogP contribution in [0.3, 0.4) is 0 Å². The maximum atomic E-state index is 12.0. The average molecular weight is 185 g/mol. The highest BCUT2D eigenvalue weighted by Gasteiger charge is 2.04.